The molecule has 4 heteroatoms. The average Bonchev–Trinajstić information content (AvgIpc) is 2.90. The third-order valence-corrected chi connectivity index (χ3v) is 4.01. The van der Waals surface area contributed by atoms with Gasteiger partial charge in [-0.2, -0.15) is 0 Å². The molecule has 0 radical (unpaired) electrons. The van der Waals surface area contributed by atoms with Crippen LogP contribution in [-0.4, -0.2) is 20.8 Å². The summed E-state index contributed by atoms with van der Waals surface area (Å²) in [6.45, 7) is 0.921. The monoisotopic (exact) mass is 220 g/mol. The zero-order valence-electron chi connectivity index (χ0n) is 9.73. The molecular formula is C12H20N4. The van der Waals surface area contributed by atoms with E-state index in [1.165, 1.54) is 31.5 Å². The Balaban J connectivity index is 1.77. The van der Waals surface area contributed by atoms with E-state index < -0.39 is 0 Å². The Bertz CT molecular complexity index is 365. The first-order chi connectivity index (χ1) is 7.83. The summed E-state index contributed by atoms with van der Waals surface area (Å²) in [5.74, 6) is 3.16. The van der Waals surface area contributed by atoms with Crippen molar-refractivity contribution in [2.75, 3.05) is 0 Å². The normalized spacial score (nSPS) is 25.9. The molecule has 2 N–H and O–H groups in total. The van der Waals surface area contributed by atoms with E-state index in [-0.39, 0.29) is 0 Å². The van der Waals surface area contributed by atoms with Gasteiger partial charge < -0.3 is 10.3 Å². The van der Waals surface area contributed by atoms with Crippen molar-refractivity contribution in [1.82, 2.24) is 14.8 Å². The molecule has 4 nitrogen and oxygen atoms in total. The molecule has 1 aromatic heterocycles. The van der Waals surface area contributed by atoms with Gasteiger partial charge in [-0.05, 0) is 12.3 Å². The smallest absolute Gasteiger partial charge is 0.133 e. The van der Waals surface area contributed by atoms with E-state index in [2.05, 4.69) is 14.8 Å². The average molecular weight is 220 g/mol. The standard InChI is InChI=1S/C12H20N4/c13-10-5-6-11-14-15-12(16(11)8-10)7-9-3-1-2-4-9/h9-10H,1-8,13H2. The fourth-order valence-electron chi connectivity index (χ4n) is 3.03. The largest absolute Gasteiger partial charge is 0.326 e. The molecule has 88 valence electrons. The summed E-state index contributed by atoms with van der Waals surface area (Å²) in [7, 11) is 0. The second-order valence-electron chi connectivity index (χ2n) is 5.30. The van der Waals surface area contributed by atoms with Gasteiger partial charge in [0.25, 0.3) is 0 Å². The Morgan fingerprint density at radius 1 is 1.19 bits per heavy atom. The van der Waals surface area contributed by atoms with Gasteiger partial charge in [-0.3, -0.25) is 0 Å². The Morgan fingerprint density at radius 2 is 2.00 bits per heavy atom. The molecule has 1 atom stereocenters. The van der Waals surface area contributed by atoms with Crippen LogP contribution in [-0.2, 0) is 19.4 Å². The molecule has 1 fully saturated rings. The molecule has 3 rings (SSSR count). The van der Waals surface area contributed by atoms with E-state index in [0.717, 1.165) is 37.5 Å². The molecule has 0 aromatic carbocycles. The van der Waals surface area contributed by atoms with Crippen LogP contribution in [0.5, 0.6) is 0 Å². The second kappa shape index (κ2) is 4.17. The highest BCUT2D eigenvalue weighted by molar-refractivity contribution is 5.02. The highest BCUT2D eigenvalue weighted by Gasteiger charge is 2.23. The van der Waals surface area contributed by atoms with Gasteiger partial charge in [0.05, 0.1) is 0 Å². The van der Waals surface area contributed by atoms with Gasteiger partial charge in [0.15, 0.2) is 0 Å². The van der Waals surface area contributed by atoms with Crippen molar-refractivity contribution >= 4 is 0 Å². The molecule has 2 aliphatic rings. The van der Waals surface area contributed by atoms with Crippen molar-refractivity contribution < 1.29 is 0 Å². The van der Waals surface area contributed by atoms with Crippen molar-refractivity contribution in [2.45, 2.75) is 57.5 Å². The van der Waals surface area contributed by atoms with Crippen LogP contribution < -0.4 is 5.73 Å². The van der Waals surface area contributed by atoms with Gasteiger partial charge in [-0.1, -0.05) is 25.7 Å². The van der Waals surface area contributed by atoms with Crippen LogP contribution in [0.4, 0.5) is 0 Å². The Kier molecular flexibility index (Phi) is 2.67. The van der Waals surface area contributed by atoms with Crippen LogP contribution >= 0.6 is 0 Å². The highest BCUT2D eigenvalue weighted by Crippen LogP contribution is 2.28. The lowest BCUT2D eigenvalue weighted by molar-refractivity contribution is 0.429. The minimum absolute atomic E-state index is 0.297. The number of rotatable bonds is 2. The molecule has 1 aromatic rings. The van der Waals surface area contributed by atoms with Crippen LogP contribution in [0.2, 0.25) is 0 Å². The molecule has 16 heavy (non-hydrogen) atoms. The molecule has 1 saturated carbocycles. The summed E-state index contributed by atoms with van der Waals surface area (Å²) in [6.07, 6.45) is 8.69. The second-order valence-corrected chi connectivity index (χ2v) is 5.30. The summed E-state index contributed by atoms with van der Waals surface area (Å²) in [5.41, 5.74) is 6.01. The maximum absolute atomic E-state index is 6.01. The minimum Gasteiger partial charge on any atom is -0.326 e. The summed E-state index contributed by atoms with van der Waals surface area (Å²) in [6, 6.07) is 0.297. The number of nitrogens with zero attached hydrogens (tertiary/aromatic N) is 3. The fourth-order valence-corrected chi connectivity index (χ4v) is 3.03. The van der Waals surface area contributed by atoms with Crippen LogP contribution in [0, 0.1) is 5.92 Å². The molecule has 1 aliphatic carbocycles. The number of aromatic nitrogens is 3. The van der Waals surface area contributed by atoms with Gasteiger partial charge in [0.1, 0.15) is 11.6 Å². The lowest BCUT2D eigenvalue weighted by atomic mass is 10.0. The molecule has 1 unspecified atom stereocenters. The number of hydrogen-bond acceptors (Lipinski definition) is 3. The van der Waals surface area contributed by atoms with Gasteiger partial charge in [-0.15, -0.1) is 10.2 Å². The highest BCUT2D eigenvalue weighted by atomic mass is 15.3. The Hall–Kier alpha value is -0.900. The van der Waals surface area contributed by atoms with Gasteiger partial charge in [0, 0.05) is 25.4 Å². The van der Waals surface area contributed by atoms with E-state index in [1.807, 2.05) is 0 Å². The Morgan fingerprint density at radius 3 is 2.81 bits per heavy atom. The minimum atomic E-state index is 0.297. The quantitative estimate of drug-likeness (QED) is 0.817. The van der Waals surface area contributed by atoms with Crippen LogP contribution in [0.15, 0.2) is 0 Å². The maximum atomic E-state index is 6.01. The van der Waals surface area contributed by atoms with Gasteiger partial charge >= 0.3 is 0 Å². The lowest BCUT2D eigenvalue weighted by Gasteiger charge is -2.21. The summed E-state index contributed by atoms with van der Waals surface area (Å²) in [4.78, 5) is 0. The number of nitrogens with two attached hydrogens (primary N) is 1. The molecule has 0 amide bonds. The lowest BCUT2D eigenvalue weighted by Crippen LogP contribution is -2.33. The van der Waals surface area contributed by atoms with Crippen molar-refractivity contribution in [1.29, 1.82) is 0 Å². The number of aryl methyl sites for hydroxylation is 1. The molecule has 0 spiro atoms. The predicted octanol–water partition coefficient (Wildman–Crippen LogP) is 1.28. The van der Waals surface area contributed by atoms with Crippen molar-refractivity contribution in [3.63, 3.8) is 0 Å². The zero-order valence-corrected chi connectivity index (χ0v) is 9.73. The first kappa shape index (κ1) is 10.3. The van der Waals surface area contributed by atoms with Crippen LogP contribution in [0.3, 0.4) is 0 Å². The Labute approximate surface area is 96.2 Å². The third-order valence-electron chi connectivity index (χ3n) is 4.01. The maximum Gasteiger partial charge on any atom is 0.133 e. The first-order valence-corrected chi connectivity index (χ1v) is 6.49. The van der Waals surface area contributed by atoms with E-state index in [0.29, 0.717) is 6.04 Å². The summed E-state index contributed by atoms with van der Waals surface area (Å²) in [5, 5.41) is 8.64. The van der Waals surface area contributed by atoms with Crippen LogP contribution in [0.25, 0.3) is 0 Å². The SMILES string of the molecule is NC1CCc2nnc(CC3CCCC3)n2C1. The molecule has 0 saturated heterocycles. The molecule has 0 bridgehead atoms. The van der Waals surface area contributed by atoms with E-state index in [9.17, 15) is 0 Å². The fraction of sp³-hybridized carbons (Fsp3) is 0.833. The first-order valence-electron chi connectivity index (χ1n) is 6.49. The van der Waals surface area contributed by atoms with Gasteiger partial charge in [0.2, 0.25) is 0 Å². The summed E-state index contributed by atoms with van der Waals surface area (Å²) < 4.78 is 2.27. The zero-order chi connectivity index (χ0) is 11.0. The van der Waals surface area contributed by atoms with Crippen molar-refractivity contribution in [2.24, 2.45) is 11.7 Å². The van der Waals surface area contributed by atoms with Crippen molar-refractivity contribution in [3.8, 4) is 0 Å². The van der Waals surface area contributed by atoms with Gasteiger partial charge in [-0.25, -0.2) is 0 Å². The topological polar surface area (TPSA) is 56.7 Å². The number of hydrogen-bond donors (Lipinski definition) is 1. The van der Waals surface area contributed by atoms with Crippen molar-refractivity contribution in [3.05, 3.63) is 11.6 Å². The molecule has 2 heterocycles. The molecule has 1 aliphatic heterocycles. The van der Waals surface area contributed by atoms with E-state index in [4.69, 9.17) is 5.73 Å². The number of fused-ring (bicyclic) bond motifs is 1. The van der Waals surface area contributed by atoms with E-state index in [1.54, 1.807) is 0 Å². The molecular weight excluding hydrogens is 200 g/mol. The third kappa shape index (κ3) is 1.86. The van der Waals surface area contributed by atoms with Crippen LogP contribution in [0.1, 0.15) is 43.8 Å². The summed E-state index contributed by atoms with van der Waals surface area (Å²) >= 11 is 0. The van der Waals surface area contributed by atoms with E-state index >= 15 is 0 Å². The predicted molar refractivity (Wildman–Crippen MR) is 62.0 cm³/mol.